The van der Waals surface area contributed by atoms with Crippen LogP contribution in [0.1, 0.15) is 44.6 Å². The SMILES string of the molecule is CCCOC(=O)CCCCCN=C1NS(=O)(=O)c2ccccc21. The van der Waals surface area contributed by atoms with Gasteiger partial charge in [-0.25, -0.2) is 8.42 Å². The van der Waals surface area contributed by atoms with E-state index in [-0.39, 0.29) is 10.9 Å². The van der Waals surface area contributed by atoms with Crippen LogP contribution in [0.25, 0.3) is 0 Å². The molecule has 23 heavy (non-hydrogen) atoms. The van der Waals surface area contributed by atoms with Crippen molar-refractivity contribution in [3.8, 4) is 0 Å². The van der Waals surface area contributed by atoms with Gasteiger partial charge in [0, 0.05) is 18.5 Å². The molecule has 0 spiro atoms. The highest BCUT2D eigenvalue weighted by molar-refractivity contribution is 7.90. The molecule has 0 radical (unpaired) electrons. The maximum absolute atomic E-state index is 11.9. The maximum atomic E-state index is 11.9. The van der Waals surface area contributed by atoms with Crippen molar-refractivity contribution >= 4 is 21.8 Å². The Morgan fingerprint density at radius 3 is 2.78 bits per heavy atom. The summed E-state index contributed by atoms with van der Waals surface area (Å²) in [6.07, 6.45) is 3.67. The number of sulfonamides is 1. The number of carbonyl (C=O) groups is 1. The summed E-state index contributed by atoms with van der Waals surface area (Å²) in [5, 5.41) is 0. The highest BCUT2D eigenvalue weighted by Gasteiger charge is 2.29. The largest absolute Gasteiger partial charge is 0.466 e. The summed E-state index contributed by atoms with van der Waals surface area (Å²) in [4.78, 5) is 15.9. The van der Waals surface area contributed by atoms with Gasteiger partial charge in [-0.1, -0.05) is 25.5 Å². The number of aliphatic imine (C=N–C) groups is 1. The van der Waals surface area contributed by atoms with E-state index in [1.165, 1.54) is 0 Å². The van der Waals surface area contributed by atoms with Crippen molar-refractivity contribution in [2.24, 2.45) is 4.99 Å². The average Bonchev–Trinajstić information content (AvgIpc) is 2.80. The second-order valence-corrected chi connectivity index (χ2v) is 7.01. The van der Waals surface area contributed by atoms with Gasteiger partial charge in [-0.3, -0.25) is 14.5 Å². The third-order valence-electron chi connectivity index (χ3n) is 3.44. The van der Waals surface area contributed by atoms with E-state index in [1.807, 2.05) is 6.92 Å². The first-order chi connectivity index (χ1) is 11.0. The molecule has 0 fully saturated rings. The Kier molecular flexibility index (Phi) is 6.15. The molecule has 0 amide bonds. The van der Waals surface area contributed by atoms with Crippen molar-refractivity contribution in [3.63, 3.8) is 0 Å². The van der Waals surface area contributed by atoms with Crippen LogP contribution in [0.2, 0.25) is 0 Å². The van der Waals surface area contributed by atoms with Gasteiger partial charge in [-0.15, -0.1) is 0 Å². The third-order valence-corrected chi connectivity index (χ3v) is 4.84. The second kappa shape index (κ2) is 8.10. The number of fused-ring (bicyclic) bond motifs is 1. The smallest absolute Gasteiger partial charge is 0.305 e. The Hall–Kier alpha value is -1.89. The summed E-state index contributed by atoms with van der Waals surface area (Å²) >= 11 is 0. The van der Waals surface area contributed by atoms with Crippen molar-refractivity contribution in [1.82, 2.24) is 4.72 Å². The zero-order valence-corrected chi connectivity index (χ0v) is 14.1. The molecule has 1 aromatic carbocycles. The Labute approximate surface area is 137 Å². The molecule has 0 saturated carbocycles. The monoisotopic (exact) mass is 338 g/mol. The molecule has 0 aromatic heterocycles. The van der Waals surface area contributed by atoms with Crippen LogP contribution in [-0.2, 0) is 19.6 Å². The zero-order chi connectivity index (χ0) is 16.7. The molecule has 0 saturated heterocycles. The highest BCUT2D eigenvalue weighted by Crippen LogP contribution is 2.22. The second-order valence-electron chi connectivity index (χ2n) is 5.36. The Morgan fingerprint density at radius 2 is 2.00 bits per heavy atom. The molecule has 2 rings (SSSR count). The molecule has 1 aliphatic rings. The van der Waals surface area contributed by atoms with Crippen molar-refractivity contribution in [3.05, 3.63) is 29.8 Å². The molecule has 1 N–H and O–H groups in total. The molecule has 0 aliphatic carbocycles. The van der Waals surface area contributed by atoms with Gasteiger partial charge in [-0.05, 0) is 31.4 Å². The van der Waals surface area contributed by atoms with Gasteiger partial charge in [0.25, 0.3) is 10.0 Å². The fourth-order valence-corrected chi connectivity index (χ4v) is 3.54. The van der Waals surface area contributed by atoms with Gasteiger partial charge in [0.2, 0.25) is 0 Å². The highest BCUT2D eigenvalue weighted by atomic mass is 32.2. The first-order valence-electron chi connectivity index (χ1n) is 7.87. The molecule has 0 unspecified atom stereocenters. The van der Waals surface area contributed by atoms with Crippen molar-refractivity contribution < 1.29 is 17.9 Å². The van der Waals surface area contributed by atoms with Gasteiger partial charge in [0.05, 0.1) is 11.5 Å². The lowest BCUT2D eigenvalue weighted by Gasteiger charge is -2.02. The topological polar surface area (TPSA) is 84.8 Å². The Morgan fingerprint density at radius 1 is 1.22 bits per heavy atom. The number of hydrogen-bond donors (Lipinski definition) is 1. The Balaban J connectivity index is 1.76. The molecular weight excluding hydrogens is 316 g/mol. The van der Waals surface area contributed by atoms with Gasteiger partial charge in [0.15, 0.2) is 0 Å². The number of carbonyl (C=O) groups excluding carboxylic acids is 1. The number of nitrogens with one attached hydrogen (secondary N) is 1. The van der Waals surface area contributed by atoms with Gasteiger partial charge in [-0.2, -0.15) is 0 Å². The summed E-state index contributed by atoms with van der Waals surface area (Å²) in [7, 11) is -3.46. The Bertz CT molecular complexity index is 683. The minimum absolute atomic E-state index is 0.157. The van der Waals surface area contributed by atoms with Crippen LogP contribution in [0.3, 0.4) is 0 Å². The van der Waals surface area contributed by atoms with E-state index in [1.54, 1.807) is 24.3 Å². The number of unbranched alkanes of at least 4 members (excludes halogenated alkanes) is 2. The lowest BCUT2D eigenvalue weighted by atomic mass is 10.2. The standard InChI is InChI=1S/C16H22N2O4S/c1-2-12-22-15(19)10-4-3-7-11-17-16-13-8-5-6-9-14(13)23(20,21)18-16/h5-6,8-9H,2-4,7,10-12H2,1H3,(H,17,18). The minimum atomic E-state index is -3.46. The van der Waals surface area contributed by atoms with Crippen LogP contribution < -0.4 is 4.72 Å². The van der Waals surface area contributed by atoms with Crippen LogP contribution >= 0.6 is 0 Å². The quantitative estimate of drug-likeness (QED) is 0.582. The summed E-state index contributed by atoms with van der Waals surface area (Å²) in [6.45, 7) is 2.96. The van der Waals surface area contributed by atoms with Crippen molar-refractivity contribution in [2.75, 3.05) is 13.2 Å². The first-order valence-corrected chi connectivity index (χ1v) is 9.35. The molecular formula is C16H22N2O4S. The van der Waals surface area contributed by atoms with Gasteiger partial charge < -0.3 is 4.74 Å². The number of ether oxygens (including phenoxy) is 1. The van der Waals surface area contributed by atoms with E-state index >= 15 is 0 Å². The number of benzene rings is 1. The molecule has 126 valence electrons. The number of hydrogen-bond acceptors (Lipinski definition) is 5. The number of esters is 1. The number of nitrogens with zero attached hydrogens (tertiary/aromatic N) is 1. The van der Waals surface area contributed by atoms with Crippen LogP contribution in [0.5, 0.6) is 0 Å². The van der Waals surface area contributed by atoms with Crippen LogP contribution in [0.4, 0.5) is 0 Å². The van der Waals surface area contributed by atoms with Gasteiger partial charge >= 0.3 is 5.97 Å². The number of amidine groups is 1. The fraction of sp³-hybridized carbons (Fsp3) is 0.500. The molecule has 1 heterocycles. The normalized spacial score (nSPS) is 16.8. The molecule has 6 nitrogen and oxygen atoms in total. The van der Waals surface area contributed by atoms with E-state index in [2.05, 4.69) is 9.71 Å². The lowest BCUT2D eigenvalue weighted by molar-refractivity contribution is -0.143. The van der Waals surface area contributed by atoms with E-state index in [0.717, 1.165) is 25.7 Å². The van der Waals surface area contributed by atoms with E-state index in [0.29, 0.717) is 31.0 Å². The van der Waals surface area contributed by atoms with E-state index in [9.17, 15) is 13.2 Å². The molecule has 7 heteroatoms. The summed E-state index contributed by atoms with van der Waals surface area (Å²) in [5.41, 5.74) is 0.621. The predicted octanol–water partition coefficient (Wildman–Crippen LogP) is 2.24. The fourth-order valence-electron chi connectivity index (χ4n) is 2.29. The van der Waals surface area contributed by atoms with Crippen molar-refractivity contribution in [2.45, 2.75) is 43.9 Å². The third kappa shape index (κ3) is 4.79. The first kappa shape index (κ1) is 17.5. The zero-order valence-electron chi connectivity index (χ0n) is 13.2. The van der Waals surface area contributed by atoms with Crippen LogP contribution in [-0.4, -0.2) is 33.4 Å². The van der Waals surface area contributed by atoms with Crippen molar-refractivity contribution in [1.29, 1.82) is 0 Å². The maximum Gasteiger partial charge on any atom is 0.305 e. The van der Waals surface area contributed by atoms with Gasteiger partial charge in [0.1, 0.15) is 5.84 Å². The molecule has 1 aromatic rings. The number of rotatable bonds is 8. The van der Waals surface area contributed by atoms with Crippen LogP contribution in [0.15, 0.2) is 34.2 Å². The molecule has 1 aliphatic heterocycles. The van der Waals surface area contributed by atoms with E-state index in [4.69, 9.17) is 4.74 Å². The van der Waals surface area contributed by atoms with E-state index < -0.39 is 10.0 Å². The van der Waals surface area contributed by atoms with Crippen LogP contribution in [0, 0.1) is 0 Å². The summed E-state index contributed by atoms with van der Waals surface area (Å²) in [6, 6.07) is 6.80. The summed E-state index contributed by atoms with van der Waals surface area (Å²) < 4.78 is 31.3. The molecule has 0 atom stereocenters. The minimum Gasteiger partial charge on any atom is -0.466 e. The predicted molar refractivity (Wildman–Crippen MR) is 87.9 cm³/mol. The average molecular weight is 338 g/mol. The molecule has 0 bridgehead atoms. The summed E-state index contributed by atoms with van der Waals surface area (Å²) in [5.74, 6) is 0.249. The lowest BCUT2D eigenvalue weighted by Crippen LogP contribution is -2.22.